The standard InChI is InChI=1S/C19H26FN3O3S/c20-14-3-7-18(8-4-14)27(25,26)23-9-1-2-13(12-23)19(24)22-17-10-15-5-6-16(11-17)21-15/h3-4,7-8,13,15-17,21H,1-2,5-6,9-12H2,(H,22,24). The van der Waals surface area contributed by atoms with Crippen LogP contribution in [-0.2, 0) is 14.8 Å². The van der Waals surface area contributed by atoms with Crippen molar-refractivity contribution >= 4 is 15.9 Å². The van der Waals surface area contributed by atoms with E-state index in [0.29, 0.717) is 31.5 Å². The molecule has 2 N–H and O–H groups in total. The van der Waals surface area contributed by atoms with Gasteiger partial charge in [-0.3, -0.25) is 4.79 Å². The summed E-state index contributed by atoms with van der Waals surface area (Å²) in [5.41, 5.74) is 0. The van der Waals surface area contributed by atoms with Crippen molar-refractivity contribution in [3.63, 3.8) is 0 Å². The molecular weight excluding hydrogens is 369 g/mol. The van der Waals surface area contributed by atoms with Crippen LogP contribution < -0.4 is 10.6 Å². The van der Waals surface area contributed by atoms with E-state index in [0.717, 1.165) is 25.0 Å². The molecule has 0 radical (unpaired) electrons. The van der Waals surface area contributed by atoms with Crippen LogP contribution in [0.3, 0.4) is 0 Å². The molecule has 0 saturated carbocycles. The molecule has 3 atom stereocenters. The molecule has 2 bridgehead atoms. The van der Waals surface area contributed by atoms with Crippen molar-refractivity contribution in [3.05, 3.63) is 30.1 Å². The Morgan fingerprint density at radius 2 is 1.78 bits per heavy atom. The van der Waals surface area contributed by atoms with Gasteiger partial charge in [0.15, 0.2) is 0 Å². The number of carbonyl (C=O) groups is 1. The Labute approximate surface area is 159 Å². The number of carbonyl (C=O) groups excluding carboxylic acids is 1. The van der Waals surface area contributed by atoms with Gasteiger partial charge in [0.25, 0.3) is 0 Å². The topological polar surface area (TPSA) is 78.5 Å². The molecule has 3 saturated heterocycles. The Hall–Kier alpha value is -1.51. The first-order valence-electron chi connectivity index (χ1n) is 9.74. The second-order valence-electron chi connectivity index (χ2n) is 7.97. The maximum atomic E-state index is 13.1. The summed E-state index contributed by atoms with van der Waals surface area (Å²) in [5.74, 6) is -0.845. The van der Waals surface area contributed by atoms with Crippen LogP contribution >= 0.6 is 0 Å². The van der Waals surface area contributed by atoms with E-state index in [9.17, 15) is 17.6 Å². The SMILES string of the molecule is O=C(NC1CC2CCC(C1)N2)C1CCCN(S(=O)(=O)c2ccc(F)cc2)C1. The number of hydrogen-bond donors (Lipinski definition) is 2. The molecule has 6 nitrogen and oxygen atoms in total. The van der Waals surface area contributed by atoms with Crippen LogP contribution in [0.4, 0.5) is 4.39 Å². The molecule has 3 heterocycles. The number of amides is 1. The second-order valence-corrected chi connectivity index (χ2v) is 9.91. The Bertz CT molecular complexity index is 787. The predicted molar refractivity (Wildman–Crippen MR) is 99.0 cm³/mol. The van der Waals surface area contributed by atoms with E-state index in [4.69, 9.17) is 0 Å². The minimum Gasteiger partial charge on any atom is -0.353 e. The van der Waals surface area contributed by atoms with E-state index in [1.807, 2.05) is 0 Å². The number of piperidine rings is 2. The number of nitrogens with zero attached hydrogens (tertiary/aromatic N) is 1. The highest BCUT2D eigenvalue weighted by atomic mass is 32.2. The summed E-state index contributed by atoms with van der Waals surface area (Å²) in [4.78, 5) is 12.8. The smallest absolute Gasteiger partial charge is 0.243 e. The quantitative estimate of drug-likeness (QED) is 0.812. The number of fused-ring (bicyclic) bond motifs is 2. The fourth-order valence-electron chi connectivity index (χ4n) is 4.62. The zero-order valence-electron chi connectivity index (χ0n) is 15.2. The average Bonchev–Trinajstić information content (AvgIpc) is 3.00. The van der Waals surface area contributed by atoms with Crippen molar-refractivity contribution in [3.8, 4) is 0 Å². The molecule has 27 heavy (non-hydrogen) atoms. The molecule has 0 aromatic heterocycles. The third-order valence-corrected chi connectivity index (χ3v) is 7.91. The molecule has 3 fully saturated rings. The van der Waals surface area contributed by atoms with Gasteiger partial charge in [-0.1, -0.05) is 0 Å². The number of halogens is 1. The monoisotopic (exact) mass is 395 g/mol. The minimum absolute atomic E-state index is 0.0414. The van der Waals surface area contributed by atoms with E-state index in [2.05, 4.69) is 10.6 Å². The normalized spacial score (nSPS) is 31.6. The van der Waals surface area contributed by atoms with Crippen molar-refractivity contribution in [2.24, 2.45) is 5.92 Å². The fraction of sp³-hybridized carbons (Fsp3) is 0.632. The molecular formula is C19H26FN3O3S. The van der Waals surface area contributed by atoms with Gasteiger partial charge < -0.3 is 10.6 Å². The summed E-state index contributed by atoms with van der Waals surface area (Å²) >= 11 is 0. The van der Waals surface area contributed by atoms with E-state index in [1.165, 1.54) is 29.3 Å². The summed E-state index contributed by atoms with van der Waals surface area (Å²) in [6.45, 7) is 0.574. The lowest BCUT2D eigenvalue weighted by atomic mass is 9.95. The van der Waals surface area contributed by atoms with Crippen LogP contribution in [0.5, 0.6) is 0 Å². The molecule has 3 unspecified atom stereocenters. The first-order chi connectivity index (χ1) is 12.9. The van der Waals surface area contributed by atoms with Crippen LogP contribution in [0.25, 0.3) is 0 Å². The lowest BCUT2D eigenvalue weighted by molar-refractivity contribution is -0.127. The van der Waals surface area contributed by atoms with Crippen LogP contribution in [0.15, 0.2) is 29.2 Å². The van der Waals surface area contributed by atoms with Gasteiger partial charge >= 0.3 is 0 Å². The van der Waals surface area contributed by atoms with Gasteiger partial charge in [0.2, 0.25) is 15.9 Å². The second kappa shape index (κ2) is 7.48. The van der Waals surface area contributed by atoms with Crippen LogP contribution in [0.2, 0.25) is 0 Å². The molecule has 1 aromatic rings. The van der Waals surface area contributed by atoms with Gasteiger partial charge in [-0.05, 0) is 62.8 Å². The summed E-state index contributed by atoms with van der Waals surface area (Å²) in [6.07, 6.45) is 5.59. The van der Waals surface area contributed by atoms with Gasteiger partial charge in [-0.15, -0.1) is 0 Å². The summed E-state index contributed by atoms with van der Waals surface area (Å²) in [5, 5.41) is 6.72. The van der Waals surface area contributed by atoms with Gasteiger partial charge in [-0.2, -0.15) is 4.31 Å². The highest BCUT2D eigenvalue weighted by Gasteiger charge is 2.37. The highest BCUT2D eigenvalue weighted by molar-refractivity contribution is 7.89. The zero-order valence-corrected chi connectivity index (χ0v) is 16.1. The van der Waals surface area contributed by atoms with Crippen molar-refractivity contribution in [2.75, 3.05) is 13.1 Å². The molecule has 3 aliphatic rings. The molecule has 0 aliphatic carbocycles. The van der Waals surface area contributed by atoms with Gasteiger partial charge in [0.05, 0.1) is 10.8 Å². The minimum atomic E-state index is -3.71. The largest absolute Gasteiger partial charge is 0.353 e. The maximum absolute atomic E-state index is 13.1. The fourth-order valence-corrected chi connectivity index (χ4v) is 6.15. The Morgan fingerprint density at radius 3 is 2.44 bits per heavy atom. The van der Waals surface area contributed by atoms with Gasteiger partial charge in [0, 0.05) is 31.2 Å². The molecule has 3 aliphatic heterocycles. The number of benzene rings is 1. The summed E-state index contributed by atoms with van der Waals surface area (Å²) in [7, 11) is -3.71. The summed E-state index contributed by atoms with van der Waals surface area (Å²) < 4.78 is 40.1. The van der Waals surface area contributed by atoms with Crippen molar-refractivity contribution in [1.29, 1.82) is 0 Å². The van der Waals surface area contributed by atoms with E-state index in [-0.39, 0.29) is 29.3 Å². The van der Waals surface area contributed by atoms with Crippen molar-refractivity contribution in [1.82, 2.24) is 14.9 Å². The Balaban J connectivity index is 1.40. The Kier molecular flexibility index (Phi) is 5.22. The number of hydrogen-bond acceptors (Lipinski definition) is 4. The molecule has 148 valence electrons. The van der Waals surface area contributed by atoms with E-state index < -0.39 is 15.8 Å². The van der Waals surface area contributed by atoms with Crippen LogP contribution in [-0.4, -0.2) is 49.8 Å². The molecule has 8 heteroatoms. The van der Waals surface area contributed by atoms with E-state index in [1.54, 1.807) is 0 Å². The molecule has 1 aromatic carbocycles. The molecule has 0 spiro atoms. The first kappa shape index (κ1) is 18.8. The van der Waals surface area contributed by atoms with Crippen LogP contribution in [0, 0.1) is 11.7 Å². The molecule has 1 amide bonds. The highest BCUT2D eigenvalue weighted by Crippen LogP contribution is 2.28. The summed E-state index contributed by atoms with van der Waals surface area (Å²) in [6, 6.07) is 6.02. The predicted octanol–water partition coefficient (Wildman–Crippen LogP) is 1.63. The first-order valence-corrected chi connectivity index (χ1v) is 11.2. The lowest BCUT2D eigenvalue weighted by Gasteiger charge is -2.34. The lowest BCUT2D eigenvalue weighted by Crippen LogP contribution is -2.51. The van der Waals surface area contributed by atoms with Crippen LogP contribution in [0.1, 0.15) is 38.5 Å². The Morgan fingerprint density at radius 1 is 1.11 bits per heavy atom. The van der Waals surface area contributed by atoms with Gasteiger partial charge in [-0.25, -0.2) is 12.8 Å². The maximum Gasteiger partial charge on any atom is 0.243 e. The molecule has 4 rings (SSSR count). The zero-order chi connectivity index (χ0) is 19.0. The van der Waals surface area contributed by atoms with Crippen molar-refractivity contribution in [2.45, 2.75) is 61.5 Å². The third-order valence-electron chi connectivity index (χ3n) is 6.03. The average molecular weight is 396 g/mol. The van der Waals surface area contributed by atoms with E-state index >= 15 is 0 Å². The van der Waals surface area contributed by atoms with Crippen molar-refractivity contribution < 1.29 is 17.6 Å². The number of rotatable bonds is 4. The number of nitrogens with one attached hydrogen (secondary N) is 2. The number of sulfonamides is 1. The third kappa shape index (κ3) is 4.02. The van der Waals surface area contributed by atoms with Gasteiger partial charge in [0.1, 0.15) is 5.82 Å².